The van der Waals surface area contributed by atoms with Crippen LogP contribution in [0.15, 0.2) is 42.5 Å². The SMILES string of the molecule is C#Cc1ccc(C(C(=O)Nc2c(C)cccc2C)N(C)C(=O)CNC(=O)OC(C)(C)C)cc1. The number of hydrogen-bond donors (Lipinski definition) is 2. The second-order valence-electron chi connectivity index (χ2n) is 8.79. The van der Waals surface area contributed by atoms with Crippen LogP contribution in [0.5, 0.6) is 0 Å². The fourth-order valence-electron chi connectivity index (χ4n) is 3.25. The highest BCUT2D eigenvalue weighted by atomic mass is 16.6. The fraction of sp³-hybridized carbons (Fsp3) is 0.346. The molecule has 0 radical (unpaired) electrons. The normalized spacial score (nSPS) is 11.7. The molecule has 33 heavy (non-hydrogen) atoms. The first kappa shape index (κ1) is 25.5. The van der Waals surface area contributed by atoms with Crippen molar-refractivity contribution in [2.24, 2.45) is 0 Å². The molecule has 2 aromatic rings. The van der Waals surface area contributed by atoms with Crippen molar-refractivity contribution < 1.29 is 19.1 Å². The van der Waals surface area contributed by atoms with Gasteiger partial charge in [-0.2, -0.15) is 0 Å². The van der Waals surface area contributed by atoms with Gasteiger partial charge >= 0.3 is 6.09 Å². The Labute approximate surface area is 195 Å². The van der Waals surface area contributed by atoms with Crippen LogP contribution in [0, 0.1) is 26.2 Å². The molecule has 0 aromatic heterocycles. The van der Waals surface area contributed by atoms with Gasteiger partial charge in [-0.15, -0.1) is 6.42 Å². The summed E-state index contributed by atoms with van der Waals surface area (Å²) in [6.07, 6.45) is 4.74. The monoisotopic (exact) mass is 449 g/mol. The lowest BCUT2D eigenvalue weighted by atomic mass is 10.0. The second kappa shape index (κ2) is 10.7. The largest absolute Gasteiger partial charge is 0.444 e. The minimum atomic E-state index is -0.941. The summed E-state index contributed by atoms with van der Waals surface area (Å²) in [5.74, 6) is 1.70. The van der Waals surface area contributed by atoms with Gasteiger partial charge in [0.1, 0.15) is 18.2 Å². The van der Waals surface area contributed by atoms with Gasteiger partial charge in [0.05, 0.1) is 0 Å². The van der Waals surface area contributed by atoms with Gasteiger partial charge in [-0.25, -0.2) is 4.79 Å². The van der Waals surface area contributed by atoms with E-state index in [0.717, 1.165) is 11.1 Å². The quantitative estimate of drug-likeness (QED) is 0.654. The number of rotatable bonds is 6. The van der Waals surface area contributed by atoms with Crippen molar-refractivity contribution in [1.82, 2.24) is 10.2 Å². The third kappa shape index (κ3) is 7.11. The molecule has 0 fully saturated rings. The number of anilines is 1. The van der Waals surface area contributed by atoms with E-state index in [2.05, 4.69) is 16.6 Å². The van der Waals surface area contributed by atoms with E-state index in [0.29, 0.717) is 16.8 Å². The molecule has 0 aliphatic carbocycles. The molecule has 0 spiro atoms. The molecule has 3 amide bonds. The predicted octanol–water partition coefficient (Wildman–Crippen LogP) is 3.95. The average Bonchev–Trinajstić information content (AvgIpc) is 2.74. The van der Waals surface area contributed by atoms with Gasteiger partial charge in [0.25, 0.3) is 5.91 Å². The van der Waals surface area contributed by atoms with Crippen LogP contribution in [0.4, 0.5) is 10.5 Å². The van der Waals surface area contributed by atoms with Gasteiger partial charge in [0.2, 0.25) is 5.91 Å². The van der Waals surface area contributed by atoms with E-state index in [4.69, 9.17) is 11.2 Å². The molecule has 0 heterocycles. The maximum Gasteiger partial charge on any atom is 0.408 e. The average molecular weight is 450 g/mol. The van der Waals surface area contributed by atoms with Crippen molar-refractivity contribution in [3.05, 3.63) is 64.7 Å². The van der Waals surface area contributed by atoms with Crippen molar-refractivity contribution in [3.8, 4) is 12.3 Å². The van der Waals surface area contributed by atoms with E-state index < -0.39 is 23.6 Å². The molecule has 1 unspecified atom stereocenters. The number of aryl methyl sites for hydroxylation is 2. The molecule has 7 heteroatoms. The van der Waals surface area contributed by atoms with Crippen LogP contribution in [0.3, 0.4) is 0 Å². The van der Waals surface area contributed by atoms with Gasteiger partial charge in [-0.3, -0.25) is 9.59 Å². The molecule has 0 aliphatic heterocycles. The number of likely N-dealkylation sites (N-methyl/N-ethyl adjacent to an activating group) is 1. The molecule has 2 rings (SSSR count). The first-order chi connectivity index (χ1) is 15.4. The summed E-state index contributed by atoms with van der Waals surface area (Å²) in [7, 11) is 1.52. The van der Waals surface area contributed by atoms with Gasteiger partial charge < -0.3 is 20.3 Å². The zero-order chi connectivity index (χ0) is 24.8. The Balaban J connectivity index is 2.28. The van der Waals surface area contributed by atoms with Crippen LogP contribution in [0.1, 0.15) is 49.1 Å². The number of nitrogens with zero attached hydrogens (tertiary/aromatic N) is 1. The number of para-hydroxylation sites is 1. The number of carbonyl (C=O) groups excluding carboxylic acids is 3. The van der Waals surface area contributed by atoms with Gasteiger partial charge in [0, 0.05) is 18.3 Å². The van der Waals surface area contributed by atoms with E-state index in [1.165, 1.54) is 11.9 Å². The highest BCUT2D eigenvalue weighted by molar-refractivity contribution is 5.99. The highest BCUT2D eigenvalue weighted by Crippen LogP contribution is 2.25. The Kier molecular flexibility index (Phi) is 8.25. The second-order valence-corrected chi connectivity index (χ2v) is 8.79. The van der Waals surface area contributed by atoms with Crippen molar-refractivity contribution >= 4 is 23.6 Å². The van der Waals surface area contributed by atoms with Crippen LogP contribution in [0.25, 0.3) is 0 Å². The van der Waals surface area contributed by atoms with Crippen LogP contribution in [0.2, 0.25) is 0 Å². The number of benzene rings is 2. The van der Waals surface area contributed by atoms with Crippen molar-refractivity contribution in [3.63, 3.8) is 0 Å². The highest BCUT2D eigenvalue weighted by Gasteiger charge is 2.30. The Morgan fingerprint density at radius 2 is 1.64 bits per heavy atom. The van der Waals surface area contributed by atoms with E-state index in [1.54, 1.807) is 45.0 Å². The third-order valence-electron chi connectivity index (χ3n) is 4.93. The standard InChI is InChI=1S/C26H31N3O4/c1-8-19-12-14-20(15-13-19)23(24(31)28-22-17(2)10-9-11-18(22)3)29(7)21(30)16-27-25(32)33-26(4,5)6/h1,9-15,23H,16H2,2-7H3,(H,27,32)(H,28,31). The molecule has 0 saturated heterocycles. The summed E-state index contributed by atoms with van der Waals surface area (Å²) in [5.41, 5.74) is 3.07. The summed E-state index contributed by atoms with van der Waals surface area (Å²) < 4.78 is 5.17. The molecular weight excluding hydrogens is 418 g/mol. The number of hydrogen-bond acceptors (Lipinski definition) is 4. The molecule has 0 bridgehead atoms. The zero-order valence-corrected chi connectivity index (χ0v) is 20.0. The first-order valence-electron chi connectivity index (χ1n) is 10.6. The molecule has 174 valence electrons. The summed E-state index contributed by atoms with van der Waals surface area (Å²) in [4.78, 5) is 39.5. The van der Waals surface area contributed by atoms with E-state index in [9.17, 15) is 14.4 Å². The van der Waals surface area contributed by atoms with Crippen molar-refractivity contribution in [2.45, 2.75) is 46.3 Å². The zero-order valence-electron chi connectivity index (χ0n) is 20.0. The molecule has 2 N–H and O–H groups in total. The molecule has 0 aliphatic rings. The van der Waals surface area contributed by atoms with Crippen LogP contribution < -0.4 is 10.6 Å². The maximum absolute atomic E-state index is 13.4. The molecular formula is C26H31N3O4. The number of amides is 3. The summed E-state index contributed by atoms with van der Waals surface area (Å²) >= 11 is 0. The minimum absolute atomic E-state index is 0.318. The van der Waals surface area contributed by atoms with Gasteiger partial charge in [-0.05, 0) is 63.4 Å². The molecule has 7 nitrogen and oxygen atoms in total. The predicted molar refractivity (Wildman–Crippen MR) is 129 cm³/mol. The lowest BCUT2D eigenvalue weighted by molar-refractivity contribution is -0.136. The summed E-state index contributed by atoms with van der Waals surface area (Å²) in [5, 5.41) is 5.39. The number of nitrogens with one attached hydrogen (secondary N) is 2. The number of alkyl carbamates (subject to hydrolysis) is 1. The Bertz CT molecular complexity index is 1040. The number of carbonyl (C=O) groups is 3. The topological polar surface area (TPSA) is 87.7 Å². The Morgan fingerprint density at radius 3 is 2.15 bits per heavy atom. The lowest BCUT2D eigenvalue weighted by Gasteiger charge is -2.29. The molecule has 1 atom stereocenters. The van der Waals surface area contributed by atoms with E-state index in [1.807, 2.05) is 32.0 Å². The fourth-order valence-corrected chi connectivity index (χ4v) is 3.25. The Morgan fingerprint density at radius 1 is 1.06 bits per heavy atom. The van der Waals surface area contributed by atoms with Gasteiger partial charge in [0.15, 0.2) is 0 Å². The first-order valence-corrected chi connectivity index (χ1v) is 10.6. The minimum Gasteiger partial charge on any atom is -0.444 e. The Hall–Kier alpha value is -3.79. The van der Waals surface area contributed by atoms with E-state index >= 15 is 0 Å². The molecule has 0 saturated carbocycles. The van der Waals surface area contributed by atoms with Gasteiger partial charge in [-0.1, -0.05) is 36.3 Å². The smallest absolute Gasteiger partial charge is 0.408 e. The number of terminal acetylenes is 1. The third-order valence-corrected chi connectivity index (χ3v) is 4.93. The summed E-state index contributed by atoms with van der Waals surface area (Å²) in [6, 6.07) is 11.6. The maximum atomic E-state index is 13.4. The lowest BCUT2D eigenvalue weighted by Crippen LogP contribution is -2.44. The van der Waals surface area contributed by atoms with Crippen LogP contribution in [-0.2, 0) is 14.3 Å². The van der Waals surface area contributed by atoms with Crippen LogP contribution in [-0.4, -0.2) is 42.0 Å². The number of ether oxygens (including phenoxy) is 1. The van der Waals surface area contributed by atoms with E-state index in [-0.39, 0.29) is 12.5 Å². The van der Waals surface area contributed by atoms with Crippen molar-refractivity contribution in [2.75, 3.05) is 18.9 Å². The summed E-state index contributed by atoms with van der Waals surface area (Å²) in [6.45, 7) is 8.68. The van der Waals surface area contributed by atoms with Crippen molar-refractivity contribution in [1.29, 1.82) is 0 Å². The van der Waals surface area contributed by atoms with Crippen LogP contribution >= 0.6 is 0 Å². The molecule has 2 aromatic carbocycles.